The van der Waals surface area contributed by atoms with Crippen LogP contribution in [0.2, 0.25) is 0 Å². The van der Waals surface area contributed by atoms with Gasteiger partial charge in [0.15, 0.2) is 11.6 Å². The number of hydrogen-bond acceptors (Lipinski definition) is 4. The summed E-state index contributed by atoms with van der Waals surface area (Å²) in [6.07, 6.45) is 7.90. The molecular formula is C21H26F2N4O. The maximum absolute atomic E-state index is 13.3. The first kappa shape index (κ1) is 20.2. The van der Waals surface area contributed by atoms with E-state index in [-0.39, 0.29) is 12.3 Å². The average molecular weight is 388 g/mol. The first-order valence-corrected chi connectivity index (χ1v) is 9.81. The molecule has 1 saturated heterocycles. The first-order valence-electron chi connectivity index (χ1n) is 9.81. The molecule has 0 aliphatic carbocycles. The van der Waals surface area contributed by atoms with E-state index in [0.717, 1.165) is 62.4 Å². The number of rotatable bonds is 7. The summed E-state index contributed by atoms with van der Waals surface area (Å²) < 4.78 is 26.2. The molecule has 1 atom stereocenters. The van der Waals surface area contributed by atoms with Crippen molar-refractivity contribution in [3.8, 4) is 0 Å². The molecular weight excluding hydrogens is 362 g/mol. The lowest BCUT2D eigenvalue weighted by molar-refractivity contribution is -0.120. The van der Waals surface area contributed by atoms with Crippen molar-refractivity contribution in [2.75, 3.05) is 24.5 Å². The largest absolute Gasteiger partial charge is 0.355 e. The standard InChI is InChI=1S/C21H26F2N4O/c1-2-4-16-11-25-21(26-12-16)27-8-3-5-17(14-27)13-24-20(28)10-15-6-7-18(22)19(23)9-15/h6-7,9,11-12,17H,2-5,8,10,13-14H2,1H3,(H,24,28). The Morgan fingerprint density at radius 2 is 2.00 bits per heavy atom. The molecule has 1 fully saturated rings. The lowest BCUT2D eigenvalue weighted by Crippen LogP contribution is -2.42. The van der Waals surface area contributed by atoms with Gasteiger partial charge in [-0.1, -0.05) is 19.4 Å². The molecule has 1 aromatic carbocycles. The molecule has 0 spiro atoms. The number of nitrogens with one attached hydrogen (secondary N) is 1. The maximum atomic E-state index is 13.3. The van der Waals surface area contributed by atoms with Gasteiger partial charge >= 0.3 is 0 Å². The van der Waals surface area contributed by atoms with Crippen LogP contribution in [0.4, 0.5) is 14.7 Å². The number of nitrogens with zero attached hydrogens (tertiary/aromatic N) is 3. The Labute approximate surface area is 164 Å². The fourth-order valence-corrected chi connectivity index (χ4v) is 3.50. The topological polar surface area (TPSA) is 58.1 Å². The molecule has 0 bridgehead atoms. The highest BCUT2D eigenvalue weighted by Crippen LogP contribution is 2.20. The molecule has 0 saturated carbocycles. The van der Waals surface area contributed by atoms with Crippen LogP contribution in [-0.4, -0.2) is 35.5 Å². The summed E-state index contributed by atoms with van der Waals surface area (Å²) in [5.41, 5.74) is 1.60. The normalized spacial score (nSPS) is 16.8. The number of amides is 1. The highest BCUT2D eigenvalue weighted by Gasteiger charge is 2.22. The molecule has 1 unspecified atom stereocenters. The van der Waals surface area contributed by atoms with Crippen LogP contribution in [0.1, 0.15) is 37.3 Å². The SMILES string of the molecule is CCCc1cnc(N2CCCC(CNC(=O)Cc3ccc(F)c(F)c3)C2)nc1. The summed E-state index contributed by atoms with van der Waals surface area (Å²) in [7, 11) is 0. The molecule has 1 N–H and O–H groups in total. The van der Waals surface area contributed by atoms with Crippen molar-refractivity contribution in [2.24, 2.45) is 5.92 Å². The van der Waals surface area contributed by atoms with E-state index in [1.165, 1.54) is 6.07 Å². The maximum Gasteiger partial charge on any atom is 0.225 e. The predicted molar refractivity (Wildman–Crippen MR) is 104 cm³/mol. The lowest BCUT2D eigenvalue weighted by atomic mass is 9.98. The Hall–Kier alpha value is -2.57. The van der Waals surface area contributed by atoms with E-state index < -0.39 is 11.6 Å². The van der Waals surface area contributed by atoms with E-state index in [1.54, 1.807) is 0 Å². The van der Waals surface area contributed by atoms with E-state index >= 15 is 0 Å². The fraction of sp³-hybridized carbons (Fsp3) is 0.476. The van der Waals surface area contributed by atoms with E-state index in [2.05, 4.69) is 27.1 Å². The Morgan fingerprint density at radius 1 is 1.21 bits per heavy atom. The van der Waals surface area contributed by atoms with Crippen LogP contribution in [0.3, 0.4) is 0 Å². The molecule has 7 heteroatoms. The van der Waals surface area contributed by atoms with Gasteiger partial charge in [-0.3, -0.25) is 4.79 Å². The third kappa shape index (κ3) is 5.47. The van der Waals surface area contributed by atoms with Crippen molar-refractivity contribution in [1.29, 1.82) is 0 Å². The second kappa shape index (κ2) is 9.57. The molecule has 150 valence electrons. The quantitative estimate of drug-likeness (QED) is 0.791. The molecule has 2 aromatic rings. The minimum absolute atomic E-state index is 0.0373. The Morgan fingerprint density at radius 3 is 2.71 bits per heavy atom. The molecule has 1 aliphatic rings. The van der Waals surface area contributed by atoms with Crippen LogP contribution in [0.5, 0.6) is 0 Å². The van der Waals surface area contributed by atoms with Crippen molar-refractivity contribution in [2.45, 2.75) is 39.0 Å². The summed E-state index contributed by atoms with van der Waals surface area (Å²) in [6.45, 7) is 4.38. The molecule has 3 rings (SSSR count). The van der Waals surface area contributed by atoms with Gasteiger partial charge in [0.1, 0.15) is 0 Å². The summed E-state index contributed by atoms with van der Waals surface area (Å²) >= 11 is 0. The van der Waals surface area contributed by atoms with Gasteiger partial charge in [0.2, 0.25) is 11.9 Å². The molecule has 1 amide bonds. The van der Waals surface area contributed by atoms with E-state index in [1.807, 2.05) is 12.4 Å². The highest BCUT2D eigenvalue weighted by atomic mass is 19.2. The monoisotopic (exact) mass is 388 g/mol. The third-order valence-corrected chi connectivity index (χ3v) is 4.97. The van der Waals surface area contributed by atoms with Crippen molar-refractivity contribution >= 4 is 11.9 Å². The number of carbonyl (C=O) groups is 1. The Kier molecular flexibility index (Phi) is 6.90. The number of aromatic nitrogens is 2. The fourth-order valence-electron chi connectivity index (χ4n) is 3.50. The number of aryl methyl sites for hydroxylation is 1. The smallest absolute Gasteiger partial charge is 0.225 e. The summed E-state index contributed by atoms with van der Waals surface area (Å²) in [5.74, 6) is -0.989. The summed E-state index contributed by atoms with van der Waals surface area (Å²) in [4.78, 5) is 23.3. The number of benzene rings is 1. The van der Waals surface area contributed by atoms with Gasteiger partial charge in [-0.2, -0.15) is 0 Å². The zero-order valence-corrected chi connectivity index (χ0v) is 16.1. The van der Waals surface area contributed by atoms with Gasteiger partial charge in [-0.25, -0.2) is 18.7 Å². The highest BCUT2D eigenvalue weighted by molar-refractivity contribution is 5.78. The molecule has 1 aliphatic heterocycles. The van der Waals surface area contributed by atoms with Crippen LogP contribution >= 0.6 is 0 Å². The number of carbonyl (C=O) groups excluding carboxylic acids is 1. The molecule has 0 radical (unpaired) electrons. The van der Waals surface area contributed by atoms with E-state index in [0.29, 0.717) is 18.0 Å². The molecule has 28 heavy (non-hydrogen) atoms. The van der Waals surface area contributed by atoms with Gasteiger partial charge in [0.05, 0.1) is 6.42 Å². The van der Waals surface area contributed by atoms with Crippen molar-refractivity contribution in [3.63, 3.8) is 0 Å². The Bertz CT molecular complexity index is 797. The average Bonchev–Trinajstić information content (AvgIpc) is 2.70. The molecule has 5 nitrogen and oxygen atoms in total. The third-order valence-electron chi connectivity index (χ3n) is 4.97. The summed E-state index contributed by atoms with van der Waals surface area (Å²) in [6, 6.07) is 3.54. The number of halogens is 2. The first-order chi connectivity index (χ1) is 13.5. The zero-order valence-electron chi connectivity index (χ0n) is 16.1. The predicted octanol–water partition coefficient (Wildman–Crippen LogP) is 3.28. The van der Waals surface area contributed by atoms with E-state index in [9.17, 15) is 13.6 Å². The molecule has 2 heterocycles. The van der Waals surface area contributed by atoms with E-state index in [4.69, 9.17) is 0 Å². The van der Waals surface area contributed by atoms with Gasteiger partial charge in [-0.05, 0) is 48.4 Å². The Balaban J connectivity index is 1.49. The van der Waals surface area contributed by atoms with Gasteiger partial charge in [0.25, 0.3) is 0 Å². The van der Waals surface area contributed by atoms with Crippen LogP contribution in [-0.2, 0) is 17.6 Å². The minimum Gasteiger partial charge on any atom is -0.355 e. The van der Waals surface area contributed by atoms with Crippen LogP contribution < -0.4 is 10.2 Å². The van der Waals surface area contributed by atoms with Crippen molar-refractivity contribution in [1.82, 2.24) is 15.3 Å². The van der Waals surface area contributed by atoms with Crippen LogP contribution in [0.25, 0.3) is 0 Å². The van der Waals surface area contributed by atoms with Crippen molar-refractivity contribution < 1.29 is 13.6 Å². The number of hydrogen-bond donors (Lipinski definition) is 1. The second-order valence-electron chi connectivity index (χ2n) is 7.32. The lowest BCUT2D eigenvalue weighted by Gasteiger charge is -2.32. The second-order valence-corrected chi connectivity index (χ2v) is 7.32. The number of piperidine rings is 1. The van der Waals surface area contributed by atoms with Gasteiger partial charge in [-0.15, -0.1) is 0 Å². The minimum atomic E-state index is -0.932. The van der Waals surface area contributed by atoms with Crippen molar-refractivity contribution in [3.05, 3.63) is 53.4 Å². The van der Waals surface area contributed by atoms with Crippen LogP contribution in [0, 0.1) is 17.6 Å². The number of anilines is 1. The van der Waals surface area contributed by atoms with Gasteiger partial charge in [0, 0.05) is 32.0 Å². The summed E-state index contributed by atoms with van der Waals surface area (Å²) in [5, 5.41) is 2.91. The molecule has 1 aromatic heterocycles. The zero-order chi connectivity index (χ0) is 19.9. The van der Waals surface area contributed by atoms with Crippen LogP contribution in [0.15, 0.2) is 30.6 Å². The van der Waals surface area contributed by atoms with Gasteiger partial charge < -0.3 is 10.2 Å².